The van der Waals surface area contributed by atoms with E-state index in [-0.39, 0.29) is 22.6 Å². The number of nitro groups is 1. The summed E-state index contributed by atoms with van der Waals surface area (Å²) in [5.74, 6) is -0.768. The van der Waals surface area contributed by atoms with Crippen molar-refractivity contribution in [3.8, 4) is 5.75 Å². The molecule has 0 amide bonds. The molecule has 106 valence electrons. The van der Waals surface area contributed by atoms with Crippen molar-refractivity contribution in [2.24, 2.45) is 0 Å². The average Bonchev–Trinajstić information content (AvgIpc) is 2.47. The zero-order valence-corrected chi connectivity index (χ0v) is 11.2. The fraction of sp³-hybridized carbons (Fsp3) is 0. The van der Waals surface area contributed by atoms with Crippen molar-refractivity contribution >= 4 is 29.5 Å². The maximum atomic E-state index is 11.9. The third-order valence-corrected chi connectivity index (χ3v) is 2.83. The molecule has 0 N–H and O–H groups in total. The lowest BCUT2D eigenvalue weighted by Crippen LogP contribution is -2.09. The average molecular weight is 306 g/mol. The Morgan fingerprint density at radius 2 is 2.00 bits per heavy atom. The second-order valence-corrected chi connectivity index (χ2v) is 4.43. The molecule has 0 aliphatic heterocycles. The van der Waals surface area contributed by atoms with Crippen LogP contribution in [0.15, 0.2) is 42.5 Å². The number of halogens is 1. The summed E-state index contributed by atoms with van der Waals surface area (Å²) in [6.45, 7) is 0. The molecular weight excluding hydrogens is 298 g/mol. The van der Waals surface area contributed by atoms with Crippen LogP contribution in [0.4, 0.5) is 5.69 Å². The first-order valence-electron chi connectivity index (χ1n) is 5.72. The van der Waals surface area contributed by atoms with E-state index in [9.17, 15) is 19.7 Å². The molecule has 0 aromatic heterocycles. The van der Waals surface area contributed by atoms with Gasteiger partial charge in [-0.25, -0.2) is 4.79 Å². The highest BCUT2D eigenvalue weighted by atomic mass is 35.5. The molecule has 0 atom stereocenters. The molecule has 0 heterocycles. The Bertz CT molecular complexity index is 729. The minimum absolute atomic E-state index is 0.0550. The quantitative estimate of drug-likeness (QED) is 0.284. The Kier molecular flexibility index (Phi) is 4.30. The number of carbonyl (C=O) groups excluding carboxylic acids is 2. The molecule has 0 bridgehead atoms. The zero-order chi connectivity index (χ0) is 15.4. The third kappa shape index (κ3) is 3.43. The summed E-state index contributed by atoms with van der Waals surface area (Å²) in [6, 6.07) is 9.47. The Morgan fingerprint density at radius 1 is 1.24 bits per heavy atom. The van der Waals surface area contributed by atoms with Gasteiger partial charge in [-0.05, 0) is 24.3 Å². The van der Waals surface area contributed by atoms with Gasteiger partial charge in [0.15, 0.2) is 6.29 Å². The smallest absolute Gasteiger partial charge is 0.343 e. The van der Waals surface area contributed by atoms with Gasteiger partial charge in [0.25, 0.3) is 5.69 Å². The largest absolute Gasteiger partial charge is 0.422 e. The zero-order valence-electron chi connectivity index (χ0n) is 10.5. The maximum Gasteiger partial charge on any atom is 0.343 e. The molecule has 21 heavy (non-hydrogen) atoms. The summed E-state index contributed by atoms with van der Waals surface area (Å²) in [5, 5.41) is 11.0. The van der Waals surface area contributed by atoms with Gasteiger partial charge >= 0.3 is 5.97 Å². The fourth-order valence-electron chi connectivity index (χ4n) is 1.61. The predicted molar refractivity (Wildman–Crippen MR) is 74.9 cm³/mol. The Balaban J connectivity index is 2.29. The molecule has 0 radical (unpaired) electrons. The molecule has 0 spiro atoms. The highest BCUT2D eigenvalue weighted by Gasteiger charge is 2.15. The molecule has 0 unspecified atom stereocenters. The predicted octanol–water partition coefficient (Wildman–Crippen LogP) is 3.28. The van der Waals surface area contributed by atoms with E-state index >= 15 is 0 Å². The van der Waals surface area contributed by atoms with E-state index in [1.165, 1.54) is 18.2 Å². The van der Waals surface area contributed by atoms with Crippen LogP contribution in [0.1, 0.15) is 20.7 Å². The van der Waals surface area contributed by atoms with Crippen molar-refractivity contribution in [1.29, 1.82) is 0 Å². The minimum Gasteiger partial charge on any atom is -0.422 e. The number of esters is 1. The van der Waals surface area contributed by atoms with Crippen LogP contribution in [0.5, 0.6) is 5.75 Å². The van der Waals surface area contributed by atoms with Crippen LogP contribution in [-0.2, 0) is 0 Å². The van der Waals surface area contributed by atoms with Gasteiger partial charge in [0.05, 0.1) is 16.1 Å². The molecular formula is C14H8ClNO5. The van der Waals surface area contributed by atoms with E-state index < -0.39 is 10.9 Å². The molecule has 2 rings (SSSR count). The van der Waals surface area contributed by atoms with Gasteiger partial charge in [-0.15, -0.1) is 0 Å². The molecule has 0 aliphatic carbocycles. The lowest BCUT2D eigenvalue weighted by molar-refractivity contribution is -0.384. The normalized spacial score (nSPS) is 9.95. The second-order valence-electron chi connectivity index (χ2n) is 4.00. The monoisotopic (exact) mass is 305 g/mol. The summed E-state index contributed by atoms with van der Waals surface area (Å²) in [5.41, 5.74) is -0.142. The molecule has 0 fully saturated rings. The van der Waals surface area contributed by atoms with Gasteiger partial charge in [0, 0.05) is 17.2 Å². The Hall–Kier alpha value is -2.73. The van der Waals surface area contributed by atoms with Crippen LogP contribution in [0.3, 0.4) is 0 Å². The van der Waals surface area contributed by atoms with Gasteiger partial charge in [0.1, 0.15) is 5.75 Å². The number of ether oxygens (including phenoxy) is 1. The van der Waals surface area contributed by atoms with Crippen LogP contribution in [0, 0.1) is 10.1 Å². The van der Waals surface area contributed by atoms with Crippen molar-refractivity contribution in [1.82, 2.24) is 0 Å². The molecule has 0 saturated carbocycles. The number of rotatable bonds is 4. The first-order chi connectivity index (χ1) is 10.0. The lowest BCUT2D eigenvalue weighted by Gasteiger charge is -2.06. The maximum absolute atomic E-state index is 11.9. The highest BCUT2D eigenvalue weighted by Crippen LogP contribution is 2.24. The first-order valence-corrected chi connectivity index (χ1v) is 6.10. The van der Waals surface area contributed by atoms with Crippen molar-refractivity contribution in [2.75, 3.05) is 0 Å². The van der Waals surface area contributed by atoms with E-state index in [1.807, 2.05) is 0 Å². The minimum atomic E-state index is -0.713. The Morgan fingerprint density at radius 3 is 2.62 bits per heavy atom. The number of non-ortho nitro benzene ring substituents is 1. The van der Waals surface area contributed by atoms with E-state index in [1.54, 1.807) is 12.1 Å². The van der Waals surface area contributed by atoms with Crippen LogP contribution in [0.25, 0.3) is 0 Å². The molecule has 7 heteroatoms. The number of benzene rings is 2. The number of aldehydes is 1. The summed E-state index contributed by atoms with van der Waals surface area (Å²) >= 11 is 5.77. The summed E-state index contributed by atoms with van der Waals surface area (Å²) in [7, 11) is 0. The fourth-order valence-corrected chi connectivity index (χ4v) is 1.80. The number of hydrogen-bond acceptors (Lipinski definition) is 5. The number of hydrogen-bond donors (Lipinski definition) is 0. The van der Waals surface area contributed by atoms with Gasteiger partial charge in [-0.2, -0.15) is 0 Å². The lowest BCUT2D eigenvalue weighted by atomic mass is 10.2. The van der Waals surface area contributed by atoms with Crippen molar-refractivity contribution in [3.63, 3.8) is 0 Å². The molecule has 6 nitrogen and oxygen atoms in total. The van der Waals surface area contributed by atoms with Crippen molar-refractivity contribution in [3.05, 3.63) is 68.7 Å². The summed E-state index contributed by atoms with van der Waals surface area (Å²) < 4.78 is 5.06. The second kappa shape index (κ2) is 6.15. The number of carbonyl (C=O) groups is 2. The van der Waals surface area contributed by atoms with Crippen LogP contribution in [-0.4, -0.2) is 17.2 Å². The van der Waals surface area contributed by atoms with E-state index in [0.29, 0.717) is 11.3 Å². The van der Waals surface area contributed by atoms with Crippen LogP contribution < -0.4 is 4.74 Å². The molecule has 2 aromatic carbocycles. The standard InChI is InChI=1S/C14H8ClNO5/c15-11-3-1-2-9(6-11)14(18)21-13-5-4-12(16(19)20)7-10(13)8-17/h1-8H. The topological polar surface area (TPSA) is 86.5 Å². The SMILES string of the molecule is O=Cc1cc([N+](=O)[O-])ccc1OC(=O)c1cccc(Cl)c1. The van der Waals surface area contributed by atoms with Gasteiger partial charge < -0.3 is 4.74 Å². The van der Waals surface area contributed by atoms with Gasteiger partial charge in [-0.3, -0.25) is 14.9 Å². The van der Waals surface area contributed by atoms with E-state index in [2.05, 4.69) is 0 Å². The first kappa shape index (κ1) is 14.7. The van der Waals surface area contributed by atoms with E-state index in [4.69, 9.17) is 16.3 Å². The number of nitrogens with zero attached hydrogens (tertiary/aromatic N) is 1. The van der Waals surface area contributed by atoms with Gasteiger partial charge in [0.2, 0.25) is 0 Å². The van der Waals surface area contributed by atoms with Crippen LogP contribution >= 0.6 is 11.6 Å². The van der Waals surface area contributed by atoms with Crippen molar-refractivity contribution < 1.29 is 19.2 Å². The number of nitro benzene ring substituents is 1. The summed E-state index contributed by atoms with van der Waals surface area (Å²) in [6.07, 6.45) is 0.383. The molecule has 2 aromatic rings. The van der Waals surface area contributed by atoms with E-state index in [0.717, 1.165) is 12.1 Å². The highest BCUT2D eigenvalue weighted by molar-refractivity contribution is 6.30. The molecule has 0 aliphatic rings. The summed E-state index contributed by atoms with van der Waals surface area (Å²) in [4.78, 5) is 32.8. The van der Waals surface area contributed by atoms with Crippen LogP contribution in [0.2, 0.25) is 5.02 Å². The Labute approximate surface area is 124 Å². The van der Waals surface area contributed by atoms with Gasteiger partial charge in [-0.1, -0.05) is 17.7 Å². The third-order valence-electron chi connectivity index (χ3n) is 2.59. The van der Waals surface area contributed by atoms with Crippen molar-refractivity contribution in [2.45, 2.75) is 0 Å². The molecule has 0 saturated heterocycles.